The minimum absolute atomic E-state index is 0.0114. The molecular formula is C11H18N4O. The number of hydrogen-bond donors (Lipinski definition) is 2. The van der Waals surface area contributed by atoms with E-state index in [9.17, 15) is 4.79 Å². The van der Waals surface area contributed by atoms with E-state index in [1.807, 2.05) is 19.4 Å². The number of aromatic nitrogens is 2. The van der Waals surface area contributed by atoms with Gasteiger partial charge in [0.05, 0.1) is 11.7 Å². The Morgan fingerprint density at radius 3 is 2.94 bits per heavy atom. The van der Waals surface area contributed by atoms with E-state index in [0.717, 1.165) is 31.2 Å². The van der Waals surface area contributed by atoms with Crippen LogP contribution in [0, 0.1) is 0 Å². The van der Waals surface area contributed by atoms with Crippen molar-refractivity contribution in [1.82, 2.24) is 15.1 Å². The van der Waals surface area contributed by atoms with Crippen molar-refractivity contribution in [1.29, 1.82) is 0 Å². The number of rotatable bonds is 4. The van der Waals surface area contributed by atoms with Crippen molar-refractivity contribution >= 4 is 5.91 Å². The molecule has 0 bridgehead atoms. The monoisotopic (exact) mass is 222 g/mol. The van der Waals surface area contributed by atoms with Gasteiger partial charge in [0, 0.05) is 19.8 Å². The normalized spacial score (nSPS) is 17.9. The van der Waals surface area contributed by atoms with E-state index in [0.29, 0.717) is 6.54 Å². The summed E-state index contributed by atoms with van der Waals surface area (Å²) < 4.78 is 1.76. The summed E-state index contributed by atoms with van der Waals surface area (Å²) >= 11 is 0. The van der Waals surface area contributed by atoms with Gasteiger partial charge in [-0.2, -0.15) is 5.10 Å². The lowest BCUT2D eigenvalue weighted by molar-refractivity contribution is -0.129. The fraction of sp³-hybridized carbons (Fsp3) is 0.636. The van der Waals surface area contributed by atoms with Gasteiger partial charge in [-0.25, -0.2) is 0 Å². The van der Waals surface area contributed by atoms with Gasteiger partial charge < -0.3 is 11.1 Å². The van der Waals surface area contributed by atoms with Gasteiger partial charge in [0.15, 0.2) is 0 Å². The Morgan fingerprint density at radius 2 is 2.44 bits per heavy atom. The summed E-state index contributed by atoms with van der Waals surface area (Å²) in [4.78, 5) is 11.7. The van der Waals surface area contributed by atoms with E-state index in [1.165, 1.54) is 0 Å². The molecule has 1 saturated carbocycles. The van der Waals surface area contributed by atoms with Gasteiger partial charge in [0.1, 0.15) is 0 Å². The molecule has 0 spiro atoms. The van der Waals surface area contributed by atoms with Crippen molar-refractivity contribution in [2.24, 2.45) is 12.8 Å². The van der Waals surface area contributed by atoms with E-state index < -0.39 is 5.54 Å². The molecule has 1 heterocycles. The summed E-state index contributed by atoms with van der Waals surface area (Å²) in [7, 11) is 1.88. The summed E-state index contributed by atoms with van der Waals surface area (Å²) in [5, 5.41) is 6.95. The number of nitrogens with two attached hydrogens (primary N) is 1. The van der Waals surface area contributed by atoms with Gasteiger partial charge >= 0.3 is 0 Å². The number of carbonyl (C=O) groups is 1. The van der Waals surface area contributed by atoms with Crippen molar-refractivity contribution < 1.29 is 4.79 Å². The second kappa shape index (κ2) is 4.25. The highest BCUT2D eigenvalue weighted by atomic mass is 16.2. The fourth-order valence-corrected chi connectivity index (χ4v) is 1.88. The molecule has 0 aromatic carbocycles. The smallest absolute Gasteiger partial charge is 0.240 e. The van der Waals surface area contributed by atoms with Crippen LogP contribution in [0.15, 0.2) is 12.4 Å². The Kier molecular flexibility index (Phi) is 2.96. The molecule has 1 fully saturated rings. The predicted molar refractivity (Wildman–Crippen MR) is 60.7 cm³/mol. The zero-order valence-corrected chi connectivity index (χ0v) is 9.57. The Labute approximate surface area is 95.0 Å². The maximum Gasteiger partial charge on any atom is 0.240 e. The van der Waals surface area contributed by atoms with Crippen LogP contribution in [0.5, 0.6) is 0 Å². The molecule has 0 unspecified atom stereocenters. The first-order chi connectivity index (χ1) is 7.60. The topological polar surface area (TPSA) is 72.9 Å². The van der Waals surface area contributed by atoms with Gasteiger partial charge in [-0.15, -0.1) is 0 Å². The molecule has 1 aliphatic carbocycles. The van der Waals surface area contributed by atoms with Crippen LogP contribution in [0.3, 0.4) is 0 Å². The molecule has 3 N–H and O–H groups in total. The van der Waals surface area contributed by atoms with Crippen LogP contribution in [-0.2, 0) is 18.3 Å². The van der Waals surface area contributed by atoms with Crippen molar-refractivity contribution in [2.75, 3.05) is 6.54 Å². The van der Waals surface area contributed by atoms with Crippen LogP contribution >= 0.6 is 0 Å². The summed E-state index contributed by atoms with van der Waals surface area (Å²) in [5.41, 5.74) is 6.44. The fourth-order valence-electron chi connectivity index (χ4n) is 1.88. The van der Waals surface area contributed by atoms with Crippen LogP contribution in [-0.4, -0.2) is 27.8 Å². The van der Waals surface area contributed by atoms with Crippen LogP contribution in [0.2, 0.25) is 0 Å². The molecule has 1 aromatic heterocycles. The van der Waals surface area contributed by atoms with E-state index >= 15 is 0 Å². The molecule has 1 aromatic rings. The minimum atomic E-state index is -0.588. The van der Waals surface area contributed by atoms with Gasteiger partial charge in [-0.1, -0.05) is 0 Å². The molecule has 88 valence electrons. The van der Waals surface area contributed by atoms with Crippen LogP contribution in [0.25, 0.3) is 0 Å². The molecule has 5 heteroatoms. The molecule has 2 rings (SSSR count). The van der Waals surface area contributed by atoms with E-state index in [-0.39, 0.29) is 5.91 Å². The molecule has 0 saturated heterocycles. The molecule has 0 aliphatic heterocycles. The summed E-state index contributed by atoms with van der Waals surface area (Å²) in [6.45, 7) is 0.628. The molecule has 1 amide bonds. The second-order valence-electron chi connectivity index (χ2n) is 4.54. The molecule has 16 heavy (non-hydrogen) atoms. The molecule has 0 atom stereocenters. The molecule has 1 aliphatic rings. The first-order valence-corrected chi connectivity index (χ1v) is 5.65. The zero-order chi connectivity index (χ0) is 11.6. The number of aryl methyl sites for hydroxylation is 1. The molecule has 0 radical (unpaired) electrons. The summed E-state index contributed by atoms with van der Waals surface area (Å²) in [6, 6.07) is 0. The largest absolute Gasteiger partial charge is 0.354 e. The standard InChI is InChI=1S/C11H18N4O/c1-15-8-9(7-14-15)3-6-13-10(16)11(12)4-2-5-11/h7-8H,2-6,12H2,1H3,(H,13,16). The maximum absolute atomic E-state index is 11.7. The van der Waals surface area contributed by atoms with E-state index in [1.54, 1.807) is 4.68 Å². The maximum atomic E-state index is 11.7. The van der Waals surface area contributed by atoms with Gasteiger partial charge in [-0.3, -0.25) is 9.48 Å². The Hall–Kier alpha value is -1.36. The number of hydrogen-bond acceptors (Lipinski definition) is 3. The Balaban J connectivity index is 1.74. The quantitative estimate of drug-likeness (QED) is 0.750. The van der Waals surface area contributed by atoms with E-state index in [4.69, 9.17) is 5.73 Å². The number of amides is 1. The van der Waals surface area contributed by atoms with E-state index in [2.05, 4.69) is 10.4 Å². The second-order valence-corrected chi connectivity index (χ2v) is 4.54. The van der Waals surface area contributed by atoms with Crippen molar-refractivity contribution in [3.05, 3.63) is 18.0 Å². The zero-order valence-electron chi connectivity index (χ0n) is 9.57. The van der Waals surface area contributed by atoms with Gasteiger partial charge in [0.25, 0.3) is 0 Å². The third-order valence-corrected chi connectivity index (χ3v) is 3.16. The van der Waals surface area contributed by atoms with Crippen molar-refractivity contribution in [2.45, 2.75) is 31.2 Å². The third-order valence-electron chi connectivity index (χ3n) is 3.16. The van der Waals surface area contributed by atoms with Gasteiger partial charge in [-0.05, 0) is 31.2 Å². The molecule has 5 nitrogen and oxygen atoms in total. The first kappa shape index (κ1) is 11.1. The highest BCUT2D eigenvalue weighted by Crippen LogP contribution is 2.28. The average molecular weight is 222 g/mol. The summed E-state index contributed by atoms with van der Waals surface area (Å²) in [5.74, 6) is -0.0114. The number of nitrogens with zero attached hydrogens (tertiary/aromatic N) is 2. The SMILES string of the molecule is Cn1cc(CCNC(=O)C2(N)CCC2)cn1. The number of carbonyl (C=O) groups excluding carboxylic acids is 1. The third kappa shape index (κ3) is 2.24. The lowest BCUT2D eigenvalue weighted by atomic mass is 9.77. The van der Waals surface area contributed by atoms with Crippen LogP contribution in [0.4, 0.5) is 0 Å². The average Bonchev–Trinajstić information content (AvgIpc) is 2.60. The summed E-state index contributed by atoms with van der Waals surface area (Å²) in [6.07, 6.45) is 7.25. The lowest BCUT2D eigenvalue weighted by Crippen LogP contribution is -2.58. The highest BCUT2D eigenvalue weighted by molar-refractivity contribution is 5.86. The first-order valence-electron chi connectivity index (χ1n) is 5.65. The van der Waals surface area contributed by atoms with Crippen LogP contribution < -0.4 is 11.1 Å². The lowest BCUT2D eigenvalue weighted by Gasteiger charge is -2.36. The van der Waals surface area contributed by atoms with Crippen molar-refractivity contribution in [3.8, 4) is 0 Å². The Morgan fingerprint density at radius 1 is 1.69 bits per heavy atom. The highest BCUT2D eigenvalue weighted by Gasteiger charge is 2.39. The Bertz CT molecular complexity index is 381. The van der Waals surface area contributed by atoms with Crippen molar-refractivity contribution in [3.63, 3.8) is 0 Å². The molecular weight excluding hydrogens is 204 g/mol. The number of nitrogens with one attached hydrogen (secondary N) is 1. The van der Waals surface area contributed by atoms with Gasteiger partial charge in [0.2, 0.25) is 5.91 Å². The van der Waals surface area contributed by atoms with Crippen LogP contribution in [0.1, 0.15) is 24.8 Å². The predicted octanol–water partition coefficient (Wildman–Crippen LogP) is -0.0398. The minimum Gasteiger partial charge on any atom is -0.354 e.